The van der Waals surface area contributed by atoms with E-state index >= 15 is 0 Å². The molecule has 0 unspecified atom stereocenters. The summed E-state index contributed by atoms with van der Waals surface area (Å²) in [7, 11) is 0. The Morgan fingerprint density at radius 3 is 2.58 bits per heavy atom. The maximum Gasteiger partial charge on any atom is 0.260 e. The van der Waals surface area contributed by atoms with E-state index in [2.05, 4.69) is 52.0 Å². The Hall–Kier alpha value is -4.15. The minimum Gasteiger partial charge on any atom is -0.484 e. The Balaban J connectivity index is 1.02. The summed E-state index contributed by atoms with van der Waals surface area (Å²) < 4.78 is 7.83. The average molecular weight is 643 g/mol. The van der Waals surface area contributed by atoms with Gasteiger partial charge in [-0.15, -0.1) is 10.2 Å². The molecule has 45 heavy (non-hydrogen) atoms. The average Bonchev–Trinajstić information content (AvgIpc) is 3.34. The van der Waals surface area contributed by atoms with E-state index in [9.17, 15) is 9.59 Å². The third-order valence-electron chi connectivity index (χ3n) is 8.03. The Morgan fingerprint density at radius 2 is 1.80 bits per heavy atom. The third-order valence-corrected chi connectivity index (χ3v) is 9.20. The Morgan fingerprint density at radius 1 is 1.00 bits per heavy atom. The van der Waals surface area contributed by atoms with E-state index in [1.54, 1.807) is 29.2 Å². The molecule has 0 spiro atoms. The van der Waals surface area contributed by atoms with Crippen LogP contribution in [-0.2, 0) is 16.1 Å². The van der Waals surface area contributed by atoms with Crippen LogP contribution in [0.3, 0.4) is 0 Å². The van der Waals surface area contributed by atoms with Crippen molar-refractivity contribution in [2.45, 2.75) is 44.4 Å². The summed E-state index contributed by atoms with van der Waals surface area (Å²) in [5, 5.41) is 11.3. The van der Waals surface area contributed by atoms with Crippen molar-refractivity contribution >= 4 is 57.2 Å². The molecule has 2 aromatic heterocycles. The summed E-state index contributed by atoms with van der Waals surface area (Å²) in [5.41, 5.74) is 5.05. The molecule has 11 heteroatoms. The molecular weight excluding hydrogens is 608 g/mol. The number of nitrogens with zero attached hydrogens (tertiary/aromatic N) is 6. The Kier molecular flexibility index (Phi) is 9.51. The number of rotatable bonds is 10. The monoisotopic (exact) mass is 642 g/mol. The highest BCUT2D eigenvalue weighted by Crippen LogP contribution is 2.29. The number of carbonyl (C=O) groups excluding carboxylic acids is 2. The van der Waals surface area contributed by atoms with Gasteiger partial charge in [0.2, 0.25) is 11.1 Å². The van der Waals surface area contributed by atoms with Gasteiger partial charge >= 0.3 is 0 Å². The lowest BCUT2D eigenvalue weighted by Crippen LogP contribution is -2.56. The molecule has 5 aromatic rings. The number of carbonyl (C=O) groups is 2. The molecule has 1 fully saturated rings. The van der Waals surface area contributed by atoms with Gasteiger partial charge in [0, 0.05) is 54.8 Å². The number of thioether (sulfide) groups is 1. The summed E-state index contributed by atoms with van der Waals surface area (Å²) in [6.07, 6.45) is 1.12. The molecule has 232 valence electrons. The predicted molar refractivity (Wildman–Crippen MR) is 178 cm³/mol. The van der Waals surface area contributed by atoms with Crippen LogP contribution in [0.4, 0.5) is 0 Å². The third kappa shape index (κ3) is 7.23. The van der Waals surface area contributed by atoms with Gasteiger partial charge in [-0.3, -0.25) is 9.59 Å². The minimum atomic E-state index is -0.0931. The number of aromatic nitrogens is 4. The van der Waals surface area contributed by atoms with Crippen molar-refractivity contribution in [1.29, 1.82) is 0 Å². The van der Waals surface area contributed by atoms with E-state index in [4.69, 9.17) is 21.3 Å². The zero-order valence-corrected chi connectivity index (χ0v) is 26.9. The number of aryl methyl sites for hydroxylation is 1. The highest BCUT2D eigenvalue weighted by molar-refractivity contribution is 7.99. The van der Waals surface area contributed by atoms with Gasteiger partial charge in [-0.25, -0.2) is 4.98 Å². The number of fused-ring (bicyclic) bond motifs is 3. The van der Waals surface area contributed by atoms with Gasteiger partial charge in [0.15, 0.2) is 12.3 Å². The molecule has 3 heterocycles. The first-order valence-electron chi connectivity index (χ1n) is 15.1. The van der Waals surface area contributed by atoms with Gasteiger partial charge < -0.3 is 19.1 Å². The van der Waals surface area contributed by atoms with Gasteiger partial charge in [-0.05, 0) is 62.2 Å². The highest BCUT2D eigenvalue weighted by Gasteiger charge is 2.29. The fourth-order valence-electron chi connectivity index (χ4n) is 5.70. The van der Waals surface area contributed by atoms with E-state index in [0.717, 1.165) is 27.6 Å². The van der Waals surface area contributed by atoms with Crippen molar-refractivity contribution in [3.63, 3.8) is 0 Å². The molecule has 0 bridgehead atoms. The predicted octanol–water partition coefficient (Wildman–Crippen LogP) is 6.00. The molecule has 2 amide bonds. The quantitative estimate of drug-likeness (QED) is 0.136. The van der Waals surface area contributed by atoms with Crippen molar-refractivity contribution in [2.75, 3.05) is 32.0 Å². The van der Waals surface area contributed by atoms with Crippen LogP contribution in [0, 0.1) is 6.92 Å². The number of amides is 2. The smallest absolute Gasteiger partial charge is 0.260 e. The number of halogens is 1. The fraction of sp³-hybridized carbons (Fsp3) is 0.324. The van der Waals surface area contributed by atoms with Crippen LogP contribution in [0.1, 0.15) is 30.9 Å². The van der Waals surface area contributed by atoms with Crippen molar-refractivity contribution in [2.24, 2.45) is 0 Å². The van der Waals surface area contributed by atoms with Crippen LogP contribution in [0.15, 0.2) is 78.0 Å². The van der Waals surface area contributed by atoms with Crippen molar-refractivity contribution < 1.29 is 14.3 Å². The second-order valence-electron chi connectivity index (χ2n) is 11.3. The summed E-state index contributed by atoms with van der Waals surface area (Å²) >= 11 is 7.43. The molecule has 0 radical (unpaired) electrons. The summed E-state index contributed by atoms with van der Waals surface area (Å²) in [4.78, 5) is 34.4. The molecule has 0 N–H and O–H groups in total. The van der Waals surface area contributed by atoms with Crippen molar-refractivity contribution in [1.82, 2.24) is 29.5 Å². The topological polar surface area (TPSA) is 93.5 Å². The molecule has 1 atom stereocenters. The van der Waals surface area contributed by atoms with Crippen LogP contribution in [0.2, 0.25) is 5.02 Å². The number of ether oxygens (including phenoxy) is 1. The highest BCUT2D eigenvalue weighted by atomic mass is 35.5. The number of piperazine rings is 1. The lowest BCUT2D eigenvalue weighted by molar-refractivity contribution is -0.143. The second kappa shape index (κ2) is 13.9. The van der Waals surface area contributed by atoms with Gasteiger partial charge in [0.1, 0.15) is 11.3 Å². The number of hydrogen-bond donors (Lipinski definition) is 0. The first kappa shape index (κ1) is 30.9. The van der Waals surface area contributed by atoms with Gasteiger partial charge in [-0.2, -0.15) is 0 Å². The SMILES string of the molecule is Cc1ccc2c(c1)c1nnc(SCCCC(=O)N3CCN(C(=O)COc4ccc(Cl)cc4)[C@@H](C)C3)nc1n2Cc1ccccc1. The Labute approximate surface area is 271 Å². The zero-order valence-electron chi connectivity index (χ0n) is 25.4. The molecule has 1 aliphatic rings. The normalized spacial score (nSPS) is 15.1. The first-order valence-corrected chi connectivity index (χ1v) is 16.5. The van der Waals surface area contributed by atoms with Crippen LogP contribution < -0.4 is 4.74 Å². The van der Waals surface area contributed by atoms with E-state index in [1.807, 2.05) is 30.0 Å². The second-order valence-corrected chi connectivity index (χ2v) is 12.8. The van der Waals surface area contributed by atoms with Gasteiger partial charge in [0.05, 0.1) is 5.52 Å². The Bertz CT molecular complexity index is 1810. The molecule has 3 aromatic carbocycles. The van der Waals surface area contributed by atoms with Crippen molar-refractivity contribution in [3.8, 4) is 5.75 Å². The molecule has 6 rings (SSSR count). The molecule has 1 saturated heterocycles. The van der Waals surface area contributed by atoms with Crippen LogP contribution in [0.5, 0.6) is 5.75 Å². The largest absolute Gasteiger partial charge is 0.484 e. The molecule has 9 nitrogen and oxygen atoms in total. The summed E-state index contributed by atoms with van der Waals surface area (Å²) in [5.74, 6) is 1.30. The molecular formula is C34H35ClN6O3S. The van der Waals surface area contributed by atoms with Gasteiger partial charge in [0.25, 0.3) is 5.91 Å². The van der Waals surface area contributed by atoms with E-state index in [1.165, 1.54) is 17.3 Å². The summed E-state index contributed by atoms with van der Waals surface area (Å²) in [6, 6.07) is 23.5. The number of benzene rings is 3. The first-order chi connectivity index (χ1) is 21.9. The maximum absolute atomic E-state index is 13.0. The lowest BCUT2D eigenvalue weighted by Gasteiger charge is -2.39. The maximum atomic E-state index is 13.0. The standard InChI is InChI=1S/C34H35ClN6O3S/c1-23-10-15-29-28(19-23)32-33(41(29)21-25-7-4-3-5-8-25)36-34(38-37-32)45-18-6-9-30(42)39-16-17-40(24(2)20-39)31(43)22-44-27-13-11-26(35)12-14-27/h3-5,7-8,10-15,19,24H,6,9,16-18,20-22H2,1-2H3/t24-/m0/s1. The van der Waals surface area contributed by atoms with E-state index < -0.39 is 0 Å². The van der Waals surface area contributed by atoms with Crippen LogP contribution in [-0.4, -0.2) is 79.4 Å². The molecule has 0 saturated carbocycles. The van der Waals surface area contributed by atoms with Crippen LogP contribution >= 0.6 is 23.4 Å². The fourth-order valence-corrected chi connectivity index (χ4v) is 6.55. The minimum absolute atomic E-state index is 0.0491. The van der Waals surface area contributed by atoms with E-state index in [0.29, 0.717) is 60.7 Å². The molecule has 0 aliphatic carbocycles. The van der Waals surface area contributed by atoms with E-state index in [-0.39, 0.29) is 24.5 Å². The lowest BCUT2D eigenvalue weighted by atomic mass is 10.1. The van der Waals surface area contributed by atoms with Crippen molar-refractivity contribution in [3.05, 3.63) is 88.9 Å². The summed E-state index contributed by atoms with van der Waals surface area (Å²) in [6.45, 7) is 6.19. The zero-order chi connectivity index (χ0) is 31.3. The number of hydrogen-bond acceptors (Lipinski definition) is 7. The molecule has 1 aliphatic heterocycles. The van der Waals surface area contributed by atoms with Gasteiger partial charge in [-0.1, -0.05) is 65.3 Å². The van der Waals surface area contributed by atoms with Crippen LogP contribution in [0.25, 0.3) is 22.1 Å².